The van der Waals surface area contributed by atoms with Crippen LogP contribution in [0.5, 0.6) is 0 Å². The first kappa shape index (κ1) is 12.9. The van der Waals surface area contributed by atoms with Crippen LogP contribution in [0, 0.1) is 0 Å². The molecule has 0 bridgehead atoms. The van der Waals surface area contributed by atoms with Crippen molar-refractivity contribution in [2.24, 2.45) is 0 Å². The Labute approximate surface area is 96.0 Å². The monoisotopic (exact) mass is 226 g/mol. The first-order valence-electron chi connectivity index (χ1n) is 5.60. The molecule has 0 atom stereocenters. The zero-order chi connectivity index (χ0) is 11.5. The maximum atomic E-state index is 8.55. The van der Waals surface area contributed by atoms with Gasteiger partial charge in [-0.15, -0.1) is 0 Å². The Morgan fingerprint density at radius 2 is 1.62 bits per heavy atom. The second kappa shape index (κ2) is 9.08. The molecule has 1 aromatic heterocycles. The summed E-state index contributed by atoms with van der Waals surface area (Å²) in [5.41, 5.74) is 2.72. The minimum absolute atomic E-state index is 0.889. The molecule has 3 heterocycles. The van der Waals surface area contributed by atoms with Crippen LogP contribution in [0.15, 0.2) is 30.6 Å². The van der Waals surface area contributed by atoms with Crippen LogP contribution in [0.4, 0.5) is 0 Å². The number of rotatable bonds is 0. The van der Waals surface area contributed by atoms with Crippen molar-refractivity contribution < 1.29 is 14.8 Å². The fourth-order valence-corrected chi connectivity index (χ4v) is 0.927. The summed E-state index contributed by atoms with van der Waals surface area (Å²) < 4.78 is 1.00. The van der Waals surface area contributed by atoms with Crippen molar-refractivity contribution in [2.75, 3.05) is 26.2 Å². The van der Waals surface area contributed by atoms with Gasteiger partial charge in [-0.05, 0) is 25.9 Å². The van der Waals surface area contributed by atoms with Crippen molar-refractivity contribution in [2.45, 2.75) is 12.8 Å². The molecule has 3 rings (SSSR count). The zero-order valence-electron chi connectivity index (χ0n) is 9.43. The Hall–Kier alpha value is -1.17. The Kier molecular flexibility index (Phi) is 7.32. The van der Waals surface area contributed by atoms with Crippen molar-refractivity contribution in [1.82, 2.24) is 10.8 Å². The first-order chi connectivity index (χ1) is 7.89. The van der Waals surface area contributed by atoms with Crippen molar-refractivity contribution in [3.05, 3.63) is 30.6 Å². The van der Waals surface area contributed by atoms with Gasteiger partial charge in [-0.2, -0.15) is 0 Å². The number of hydrogen-bond acceptors (Lipinski definition) is 4. The normalized spacial score (nSPS) is 17.2. The molecule has 1 aromatic rings. The Morgan fingerprint density at radius 3 is 1.81 bits per heavy atom. The molecule has 0 radical (unpaired) electrons. The quantitative estimate of drug-likeness (QED) is 0.434. The third-order valence-corrected chi connectivity index (χ3v) is 2.03. The number of nitrogens with zero attached hydrogens (tertiary/aromatic N) is 1. The summed E-state index contributed by atoms with van der Waals surface area (Å²) >= 11 is 0. The number of nitrogens with one attached hydrogen (secondary N) is 2. The summed E-state index contributed by atoms with van der Waals surface area (Å²) in [4.78, 5) is 4.69. The SMILES string of the molecule is C1CNC1.C1CNOC1.O[n+]1ccccc1. The van der Waals surface area contributed by atoms with Crippen molar-refractivity contribution in [3.8, 4) is 0 Å². The predicted octanol–water partition coefficient (Wildman–Crippen LogP) is 0.102. The van der Waals surface area contributed by atoms with Crippen LogP contribution >= 0.6 is 0 Å². The molecule has 3 N–H and O–H groups in total. The lowest BCUT2D eigenvalue weighted by molar-refractivity contribution is -0.904. The lowest BCUT2D eigenvalue weighted by Gasteiger charge is -2.09. The fourth-order valence-electron chi connectivity index (χ4n) is 0.927. The summed E-state index contributed by atoms with van der Waals surface area (Å²) in [6.07, 6.45) is 5.67. The molecule has 5 heteroatoms. The topological polar surface area (TPSA) is 57.4 Å². The number of aromatic nitrogens is 1. The van der Waals surface area contributed by atoms with Crippen LogP contribution in [0.3, 0.4) is 0 Å². The number of pyridine rings is 1. The lowest BCUT2D eigenvalue weighted by atomic mass is 10.3. The van der Waals surface area contributed by atoms with Crippen LogP contribution < -0.4 is 15.5 Å². The predicted molar refractivity (Wildman–Crippen MR) is 59.9 cm³/mol. The van der Waals surface area contributed by atoms with E-state index in [1.165, 1.54) is 25.9 Å². The van der Waals surface area contributed by atoms with E-state index >= 15 is 0 Å². The van der Waals surface area contributed by atoms with Crippen molar-refractivity contribution in [3.63, 3.8) is 0 Å². The smallest absolute Gasteiger partial charge is 0.222 e. The largest absolute Gasteiger partial charge is 0.317 e. The summed E-state index contributed by atoms with van der Waals surface area (Å²) in [6.45, 7) is 4.42. The lowest BCUT2D eigenvalue weighted by Crippen LogP contribution is -2.29. The molecule has 5 nitrogen and oxygen atoms in total. The second-order valence-electron chi connectivity index (χ2n) is 3.46. The van der Waals surface area contributed by atoms with E-state index in [1.54, 1.807) is 24.5 Å². The summed E-state index contributed by atoms with van der Waals surface area (Å²) in [5.74, 6) is 0. The average molecular weight is 226 g/mol. The summed E-state index contributed by atoms with van der Waals surface area (Å²) in [7, 11) is 0. The van der Waals surface area contributed by atoms with Crippen LogP contribution in [0.2, 0.25) is 0 Å². The molecule has 0 unspecified atom stereocenters. The van der Waals surface area contributed by atoms with E-state index in [1.807, 2.05) is 6.07 Å². The average Bonchev–Trinajstić information content (AvgIpc) is 2.73. The van der Waals surface area contributed by atoms with Gasteiger partial charge in [-0.25, -0.2) is 5.48 Å². The molecule has 0 aromatic carbocycles. The minimum Gasteiger partial charge on any atom is -0.317 e. The first-order valence-corrected chi connectivity index (χ1v) is 5.60. The molecule has 2 aliphatic rings. The van der Waals surface area contributed by atoms with Gasteiger partial charge in [0, 0.05) is 23.4 Å². The third kappa shape index (κ3) is 7.17. The number of hydrogen-bond donors (Lipinski definition) is 3. The fraction of sp³-hybridized carbons (Fsp3) is 0.545. The molecule has 0 aliphatic carbocycles. The molecule has 2 aliphatic heterocycles. The highest BCUT2D eigenvalue weighted by atomic mass is 16.6. The van der Waals surface area contributed by atoms with E-state index in [9.17, 15) is 0 Å². The second-order valence-corrected chi connectivity index (χ2v) is 3.46. The molecule has 90 valence electrons. The van der Waals surface area contributed by atoms with Gasteiger partial charge in [-0.3, -0.25) is 5.21 Å². The van der Waals surface area contributed by atoms with E-state index in [4.69, 9.17) is 10.0 Å². The van der Waals surface area contributed by atoms with Crippen LogP contribution in [0.25, 0.3) is 0 Å². The molecular formula is C11H20N3O2+. The van der Waals surface area contributed by atoms with Gasteiger partial charge in [0.15, 0.2) is 0 Å². The van der Waals surface area contributed by atoms with E-state index < -0.39 is 0 Å². The molecule has 0 saturated carbocycles. The third-order valence-electron chi connectivity index (χ3n) is 2.03. The Bertz CT molecular complexity index is 237. The van der Waals surface area contributed by atoms with Gasteiger partial charge in [0.1, 0.15) is 0 Å². The van der Waals surface area contributed by atoms with Crippen molar-refractivity contribution in [1.29, 1.82) is 0 Å². The summed E-state index contributed by atoms with van der Waals surface area (Å²) in [6, 6.07) is 5.34. The van der Waals surface area contributed by atoms with Gasteiger partial charge in [-0.1, -0.05) is 6.07 Å². The Balaban J connectivity index is 0.000000125. The van der Waals surface area contributed by atoms with E-state index in [0.29, 0.717) is 0 Å². The maximum Gasteiger partial charge on any atom is 0.222 e. The maximum absolute atomic E-state index is 8.55. The van der Waals surface area contributed by atoms with Gasteiger partial charge >= 0.3 is 0 Å². The highest BCUT2D eigenvalue weighted by Crippen LogP contribution is 1.83. The van der Waals surface area contributed by atoms with Gasteiger partial charge in [0.05, 0.1) is 6.61 Å². The standard InChI is InChI=1S/C5H6NO.C3H7NO.C3H7N/c7-6-4-2-1-3-5-6;1-2-4-5-3-1;1-2-4-3-1/h1-5,7H;4H,1-3H2;4H,1-3H2/q+1;;. The van der Waals surface area contributed by atoms with Gasteiger partial charge in [0.25, 0.3) is 0 Å². The molecule has 2 fully saturated rings. The van der Waals surface area contributed by atoms with Crippen molar-refractivity contribution >= 4 is 0 Å². The van der Waals surface area contributed by atoms with Gasteiger partial charge in [0.2, 0.25) is 12.4 Å². The van der Waals surface area contributed by atoms with Gasteiger partial charge < -0.3 is 10.2 Å². The molecule has 0 amide bonds. The molecule has 2 saturated heterocycles. The molecule has 0 spiro atoms. The molecule has 16 heavy (non-hydrogen) atoms. The zero-order valence-corrected chi connectivity index (χ0v) is 9.43. The van der Waals surface area contributed by atoms with E-state index in [-0.39, 0.29) is 0 Å². The highest BCUT2D eigenvalue weighted by molar-refractivity contribution is 4.82. The van der Waals surface area contributed by atoms with E-state index in [0.717, 1.165) is 17.9 Å². The summed E-state index contributed by atoms with van der Waals surface area (Å²) in [5, 5.41) is 11.7. The molecular weight excluding hydrogens is 206 g/mol. The van der Waals surface area contributed by atoms with E-state index in [2.05, 4.69) is 10.8 Å². The van der Waals surface area contributed by atoms with Crippen LogP contribution in [0.1, 0.15) is 12.8 Å². The van der Waals surface area contributed by atoms with Crippen LogP contribution in [-0.2, 0) is 4.84 Å². The van der Waals surface area contributed by atoms with Crippen LogP contribution in [-0.4, -0.2) is 31.4 Å². The Morgan fingerprint density at radius 1 is 1.00 bits per heavy atom. The minimum atomic E-state index is 0.889. The number of hydroxylamine groups is 1. The highest BCUT2D eigenvalue weighted by Gasteiger charge is 1.93.